The van der Waals surface area contributed by atoms with Crippen molar-refractivity contribution in [2.24, 2.45) is 5.92 Å². The fraction of sp³-hybridized carbons (Fsp3) is 0.529. The van der Waals surface area contributed by atoms with Gasteiger partial charge in [-0.15, -0.1) is 0 Å². The third kappa shape index (κ3) is 3.28. The summed E-state index contributed by atoms with van der Waals surface area (Å²) >= 11 is 0. The van der Waals surface area contributed by atoms with Gasteiger partial charge in [0.25, 0.3) is 0 Å². The van der Waals surface area contributed by atoms with Gasteiger partial charge in [-0.3, -0.25) is 14.5 Å². The first-order chi connectivity index (χ1) is 11.8. The Labute approximate surface area is 147 Å². The summed E-state index contributed by atoms with van der Waals surface area (Å²) in [4.78, 5) is 25.0. The zero-order valence-electron chi connectivity index (χ0n) is 14.4. The van der Waals surface area contributed by atoms with Crippen molar-refractivity contribution in [2.45, 2.75) is 37.5 Å². The monoisotopic (exact) mass is 366 g/mol. The fourth-order valence-corrected chi connectivity index (χ4v) is 4.88. The van der Waals surface area contributed by atoms with E-state index in [1.54, 1.807) is 0 Å². The molecule has 0 N–H and O–H groups in total. The van der Waals surface area contributed by atoms with Crippen LogP contribution in [0.5, 0.6) is 5.75 Å². The molecule has 0 unspecified atom stereocenters. The second-order valence-electron chi connectivity index (χ2n) is 6.54. The minimum absolute atomic E-state index is 0.00504. The van der Waals surface area contributed by atoms with Crippen molar-refractivity contribution in [1.82, 2.24) is 4.31 Å². The Kier molecular flexibility index (Phi) is 4.83. The smallest absolute Gasteiger partial charge is 0.246 e. The van der Waals surface area contributed by atoms with E-state index < -0.39 is 10.0 Å². The van der Waals surface area contributed by atoms with E-state index in [1.165, 1.54) is 29.6 Å². The van der Waals surface area contributed by atoms with Crippen molar-refractivity contribution in [2.75, 3.05) is 25.1 Å². The van der Waals surface area contributed by atoms with Gasteiger partial charge >= 0.3 is 0 Å². The van der Waals surface area contributed by atoms with Crippen LogP contribution < -0.4 is 9.64 Å². The maximum absolute atomic E-state index is 13.1. The number of imide groups is 1. The molecule has 0 saturated carbocycles. The van der Waals surface area contributed by atoms with E-state index in [0.717, 1.165) is 17.7 Å². The van der Waals surface area contributed by atoms with Crippen LogP contribution in [0.25, 0.3) is 0 Å². The van der Waals surface area contributed by atoms with Crippen molar-refractivity contribution in [1.29, 1.82) is 0 Å². The number of anilines is 1. The molecule has 2 heterocycles. The largest absolute Gasteiger partial charge is 0.495 e. The number of methoxy groups -OCH3 is 1. The highest BCUT2D eigenvalue weighted by molar-refractivity contribution is 7.89. The highest BCUT2D eigenvalue weighted by atomic mass is 32.2. The Morgan fingerprint density at radius 2 is 1.68 bits per heavy atom. The first-order valence-electron chi connectivity index (χ1n) is 8.38. The molecule has 25 heavy (non-hydrogen) atoms. The van der Waals surface area contributed by atoms with Crippen LogP contribution in [0.15, 0.2) is 23.1 Å². The number of amides is 2. The summed E-state index contributed by atoms with van der Waals surface area (Å²) in [7, 11) is -2.35. The van der Waals surface area contributed by atoms with Crippen molar-refractivity contribution >= 4 is 27.5 Å². The van der Waals surface area contributed by atoms with Crippen LogP contribution >= 0.6 is 0 Å². The molecule has 0 atom stereocenters. The van der Waals surface area contributed by atoms with Crippen LogP contribution in [-0.4, -0.2) is 44.7 Å². The molecule has 0 aliphatic carbocycles. The average molecular weight is 366 g/mol. The Morgan fingerprint density at radius 1 is 1.08 bits per heavy atom. The average Bonchev–Trinajstić information content (AvgIpc) is 2.93. The summed E-state index contributed by atoms with van der Waals surface area (Å²) in [6.07, 6.45) is 1.92. The van der Waals surface area contributed by atoms with Crippen LogP contribution in [-0.2, 0) is 19.6 Å². The van der Waals surface area contributed by atoms with Crippen LogP contribution in [0.1, 0.15) is 32.6 Å². The molecule has 0 spiro atoms. The van der Waals surface area contributed by atoms with Gasteiger partial charge in [0.15, 0.2) is 0 Å². The lowest BCUT2D eigenvalue weighted by molar-refractivity contribution is -0.121. The second-order valence-corrected chi connectivity index (χ2v) is 8.45. The first-order valence-corrected chi connectivity index (χ1v) is 9.82. The molecule has 2 fully saturated rings. The van der Waals surface area contributed by atoms with Crippen molar-refractivity contribution in [3.05, 3.63) is 18.2 Å². The minimum atomic E-state index is -3.76. The molecule has 7 nitrogen and oxygen atoms in total. The summed E-state index contributed by atoms with van der Waals surface area (Å²) in [6.45, 7) is 3.02. The molecule has 0 radical (unpaired) electrons. The maximum Gasteiger partial charge on any atom is 0.246 e. The Bertz CT molecular complexity index is 781. The number of carbonyl (C=O) groups excluding carboxylic acids is 2. The third-order valence-corrected chi connectivity index (χ3v) is 6.74. The Morgan fingerprint density at radius 3 is 2.24 bits per heavy atom. The van der Waals surface area contributed by atoms with Gasteiger partial charge in [-0.25, -0.2) is 8.42 Å². The number of hydrogen-bond donors (Lipinski definition) is 0. The van der Waals surface area contributed by atoms with Crippen LogP contribution in [0.2, 0.25) is 0 Å². The van der Waals surface area contributed by atoms with Crippen molar-refractivity contribution < 1.29 is 22.7 Å². The minimum Gasteiger partial charge on any atom is -0.495 e. The summed E-state index contributed by atoms with van der Waals surface area (Å²) in [5, 5.41) is 0. The molecule has 2 saturated heterocycles. The Balaban J connectivity index is 2.00. The number of carbonyl (C=O) groups is 2. The molecule has 136 valence electrons. The molecule has 3 rings (SSSR count). The lowest BCUT2D eigenvalue weighted by atomic mass is 10.0. The van der Waals surface area contributed by atoms with Gasteiger partial charge in [-0.2, -0.15) is 4.31 Å². The lowest BCUT2D eigenvalue weighted by Crippen LogP contribution is -2.38. The molecular formula is C17H22N2O5S. The van der Waals surface area contributed by atoms with E-state index in [1.807, 2.05) is 0 Å². The van der Waals surface area contributed by atoms with Gasteiger partial charge in [0.05, 0.1) is 12.8 Å². The number of rotatable bonds is 4. The summed E-state index contributed by atoms with van der Waals surface area (Å²) in [6, 6.07) is 4.40. The number of piperidine rings is 1. The molecule has 0 aromatic heterocycles. The van der Waals surface area contributed by atoms with E-state index in [9.17, 15) is 18.0 Å². The van der Waals surface area contributed by atoms with E-state index in [0.29, 0.717) is 19.0 Å². The van der Waals surface area contributed by atoms with E-state index in [-0.39, 0.29) is 41.0 Å². The molecule has 2 aliphatic rings. The SMILES string of the molecule is COc1ccc(N2C(=O)CCC2=O)cc1S(=O)(=O)N1CCC(C)CC1. The molecule has 1 aromatic rings. The van der Waals surface area contributed by atoms with Gasteiger partial charge in [-0.05, 0) is 37.0 Å². The summed E-state index contributed by atoms with van der Waals surface area (Å²) in [5.41, 5.74) is 0.275. The Hall–Kier alpha value is -1.93. The molecular weight excluding hydrogens is 344 g/mol. The van der Waals surface area contributed by atoms with Gasteiger partial charge < -0.3 is 4.74 Å². The number of benzene rings is 1. The molecule has 1 aromatic carbocycles. The second kappa shape index (κ2) is 6.76. The number of sulfonamides is 1. The number of hydrogen-bond acceptors (Lipinski definition) is 5. The normalized spacial score (nSPS) is 20.3. The van der Waals surface area contributed by atoms with Gasteiger partial charge in [0.1, 0.15) is 10.6 Å². The van der Waals surface area contributed by atoms with Crippen LogP contribution in [0, 0.1) is 5.92 Å². The van der Waals surface area contributed by atoms with Crippen LogP contribution in [0.3, 0.4) is 0 Å². The lowest BCUT2D eigenvalue weighted by Gasteiger charge is -2.30. The van der Waals surface area contributed by atoms with E-state index >= 15 is 0 Å². The quantitative estimate of drug-likeness (QED) is 0.758. The number of ether oxygens (including phenoxy) is 1. The molecule has 8 heteroatoms. The van der Waals surface area contributed by atoms with Gasteiger partial charge in [0.2, 0.25) is 21.8 Å². The standard InChI is InChI=1S/C17H22N2O5S/c1-12-7-9-18(10-8-12)25(22,23)15-11-13(3-4-14(15)24-2)19-16(20)5-6-17(19)21/h3-4,11-12H,5-10H2,1-2H3. The zero-order chi connectivity index (χ0) is 18.2. The van der Waals surface area contributed by atoms with E-state index in [2.05, 4.69) is 6.92 Å². The van der Waals surface area contributed by atoms with Crippen molar-refractivity contribution in [3.8, 4) is 5.75 Å². The van der Waals surface area contributed by atoms with E-state index in [4.69, 9.17) is 4.74 Å². The topological polar surface area (TPSA) is 84.0 Å². The zero-order valence-corrected chi connectivity index (χ0v) is 15.2. The molecule has 0 bridgehead atoms. The predicted octanol–water partition coefficient (Wildman–Crippen LogP) is 1.77. The summed E-state index contributed by atoms with van der Waals surface area (Å²) < 4.78 is 32.8. The van der Waals surface area contributed by atoms with Gasteiger partial charge in [0, 0.05) is 25.9 Å². The third-order valence-electron chi connectivity index (χ3n) is 4.82. The maximum atomic E-state index is 13.1. The first kappa shape index (κ1) is 17.9. The predicted molar refractivity (Wildman–Crippen MR) is 91.9 cm³/mol. The highest BCUT2D eigenvalue weighted by Crippen LogP contribution is 2.34. The summed E-state index contributed by atoms with van der Waals surface area (Å²) in [5.74, 6) is 0.0802. The molecule has 2 amide bonds. The fourth-order valence-electron chi connectivity index (χ4n) is 3.23. The van der Waals surface area contributed by atoms with Crippen LogP contribution in [0.4, 0.5) is 5.69 Å². The van der Waals surface area contributed by atoms with Crippen molar-refractivity contribution in [3.63, 3.8) is 0 Å². The molecule has 2 aliphatic heterocycles. The highest BCUT2D eigenvalue weighted by Gasteiger charge is 2.34. The van der Waals surface area contributed by atoms with Gasteiger partial charge in [-0.1, -0.05) is 6.92 Å². The number of nitrogens with zero attached hydrogens (tertiary/aromatic N) is 2.